The van der Waals surface area contributed by atoms with Crippen LogP contribution in [-0.4, -0.2) is 9.55 Å². The molecule has 0 radical (unpaired) electrons. The number of benzene rings is 5. The fraction of sp³-hybridized carbons (Fsp3) is 0.250. The SMILES string of the molecule is CC(C)(C)c1cc(N2[CH-]N(c3[c-]c(Oc4[c-]c5c(cc4)c4ccc(F)cc4n5-c4cc(C(C)(C)C)ccn4)ccc3)c3ccccc32)cc(C(C)(C)C)c1.[Pt]. The van der Waals surface area contributed by atoms with Crippen LogP contribution in [0.25, 0.3) is 27.6 Å². The topological polar surface area (TPSA) is 33.5 Å². The van der Waals surface area contributed by atoms with Crippen LogP contribution < -0.4 is 14.5 Å². The molecule has 0 atom stereocenters. The Morgan fingerprint density at radius 3 is 1.93 bits per heavy atom. The Labute approximate surface area is 339 Å². The number of ether oxygens (including phenoxy) is 1. The van der Waals surface area contributed by atoms with E-state index in [4.69, 9.17) is 9.72 Å². The Bertz CT molecular complexity index is 2520. The molecule has 0 N–H and O–H groups in total. The van der Waals surface area contributed by atoms with Gasteiger partial charge in [0.15, 0.2) is 0 Å². The smallest absolute Gasteiger partial charge is 0.135 e. The molecule has 0 unspecified atom stereocenters. The predicted molar refractivity (Wildman–Crippen MR) is 220 cm³/mol. The Morgan fingerprint density at radius 2 is 1.25 bits per heavy atom. The number of anilines is 4. The van der Waals surface area contributed by atoms with Crippen molar-refractivity contribution in [1.29, 1.82) is 0 Å². The normalized spacial score (nSPS) is 13.3. The van der Waals surface area contributed by atoms with E-state index in [0.717, 1.165) is 50.1 Å². The molecular weight excluding hydrogens is 863 g/mol. The second kappa shape index (κ2) is 14.0. The van der Waals surface area contributed by atoms with Crippen molar-refractivity contribution in [2.45, 2.75) is 78.6 Å². The van der Waals surface area contributed by atoms with Crippen LogP contribution in [0, 0.1) is 24.6 Å². The molecule has 5 nitrogen and oxygen atoms in total. The average molecular weight is 909 g/mol. The van der Waals surface area contributed by atoms with Gasteiger partial charge in [-0.05, 0) is 86.9 Å². The quantitative estimate of drug-likeness (QED) is 0.161. The van der Waals surface area contributed by atoms with Gasteiger partial charge in [0, 0.05) is 61.3 Å². The van der Waals surface area contributed by atoms with Crippen molar-refractivity contribution in [2.24, 2.45) is 0 Å². The summed E-state index contributed by atoms with van der Waals surface area (Å²) in [7, 11) is 0. The summed E-state index contributed by atoms with van der Waals surface area (Å²) in [4.78, 5) is 9.17. The third-order valence-corrected chi connectivity index (χ3v) is 10.2. The standard InChI is InChI=1S/C48H46FN4O.Pt/c1-46(2,3)31-21-22-50-45(26-31)53-43-27-34(49)17-19-39(43)40-20-18-38(29-44(40)53)54-37-14-12-13-35(28-37)51-30-52(42-16-11-10-15-41(42)51)36-24-32(47(4,5)6)23-33(25-36)48(7,8)9;/h10-27,30H,1-9H3;/q-3;. The van der Waals surface area contributed by atoms with E-state index in [-0.39, 0.29) is 43.1 Å². The van der Waals surface area contributed by atoms with Gasteiger partial charge in [-0.3, -0.25) is 0 Å². The number of hydrogen-bond acceptors (Lipinski definition) is 4. The molecule has 0 bridgehead atoms. The Balaban J connectivity index is 0.00000465. The molecule has 0 fully saturated rings. The van der Waals surface area contributed by atoms with Crippen LogP contribution in [-0.2, 0) is 37.3 Å². The summed E-state index contributed by atoms with van der Waals surface area (Å²) < 4.78 is 23.2. The molecule has 55 heavy (non-hydrogen) atoms. The maximum absolute atomic E-state index is 14.7. The van der Waals surface area contributed by atoms with Crippen LogP contribution in [0.1, 0.15) is 79.0 Å². The molecule has 7 aromatic rings. The first-order valence-electron chi connectivity index (χ1n) is 18.6. The molecule has 284 valence electrons. The van der Waals surface area contributed by atoms with Gasteiger partial charge in [0.25, 0.3) is 0 Å². The minimum Gasteiger partial charge on any atom is -0.509 e. The molecule has 0 saturated carbocycles. The van der Waals surface area contributed by atoms with Crippen molar-refractivity contribution in [3.8, 4) is 17.3 Å². The van der Waals surface area contributed by atoms with Crippen molar-refractivity contribution in [1.82, 2.24) is 9.55 Å². The number of hydrogen-bond donors (Lipinski definition) is 0. The van der Waals surface area contributed by atoms with Crippen LogP contribution >= 0.6 is 0 Å². The Kier molecular flexibility index (Phi) is 9.74. The number of nitrogens with zero attached hydrogens (tertiary/aromatic N) is 4. The van der Waals surface area contributed by atoms with Crippen LogP contribution in [0.4, 0.5) is 27.1 Å². The van der Waals surface area contributed by atoms with Crippen molar-refractivity contribution in [3.05, 3.63) is 151 Å². The fourth-order valence-corrected chi connectivity index (χ4v) is 7.08. The van der Waals surface area contributed by atoms with Gasteiger partial charge in [0.1, 0.15) is 11.6 Å². The fourth-order valence-electron chi connectivity index (χ4n) is 7.08. The van der Waals surface area contributed by atoms with Gasteiger partial charge in [-0.25, -0.2) is 9.37 Å². The van der Waals surface area contributed by atoms with E-state index < -0.39 is 0 Å². The molecule has 1 aliphatic rings. The zero-order valence-electron chi connectivity index (χ0n) is 32.9. The zero-order chi connectivity index (χ0) is 38.2. The van der Waals surface area contributed by atoms with Crippen LogP contribution in [0.2, 0.25) is 0 Å². The maximum atomic E-state index is 14.7. The predicted octanol–water partition coefficient (Wildman–Crippen LogP) is 13.0. The molecule has 0 saturated heterocycles. The van der Waals surface area contributed by atoms with Crippen molar-refractivity contribution in [3.63, 3.8) is 0 Å². The molecule has 8 rings (SSSR count). The second-order valence-electron chi connectivity index (χ2n) is 17.3. The summed E-state index contributed by atoms with van der Waals surface area (Å²) in [5.41, 5.74) is 9.22. The number of aromatic nitrogens is 2. The molecule has 5 aromatic carbocycles. The molecule has 2 aromatic heterocycles. The van der Waals surface area contributed by atoms with Crippen LogP contribution in [0.15, 0.2) is 109 Å². The van der Waals surface area contributed by atoms with E-state index in [1.54, 1.807) is 6.07 Å². The third kappa shape index (κ3) is 7.30. The molecule has 0 spiro atoms. The maximum Gasteiger partial charge on any atom is 0.135 e. The van der Waals surface area contributed by atoms with Gasteiger partial charge in [-0.2, -0.15) is 12.1 Å². The van der Waals surface area contributed by atoms with Gasteiger partial charge < -0.3 is 19.1 Å². The Morgan fingerprint density at radius 1 is 0.618 bits per heavy atom. The number of halogens is 1. The first kappa shape index (κ1) is 38.3. The van der Waals surface area contributed by atoms with Crippen molar-refractivity contribution in [2.75, 3.05) is 9.80 Å². The van der Waals surface area contributed by atoms with Gasteiger partial charge >= 0.3 is 0 Å². The van der Waals surface area contributed by atoms with Crippen LogP contribution in [0.3, 0.4) is 0 Å². The van der Waals surface area contributed by atoms with Crippen LogP contribution in [0.5, 0.6) is 11.5 Å². The van der Waals surface area contributed by atoms with E-state index >= 15 is 0 Å². The minimum absolute atomic E-state index is 0. The summed E-state index contributed by atoms with van der Waals surface area (Å²) >= 11 is 0. The van der Waals surface area contributed by atoms with Gasteiger partial charge in [-0.15, -0.1) is 48.1 Å². The molecule has 7 heteroatoms. The first-order valence-corrected chi connectivity index (χ1v) is 18.6. The van der Waals surface area contributed by atoms with Crippen molar-refractivity contribution < 1.29 is 30.2 Å². The molecular formula is C48H46FN4OPt-3. The number of para-hydroxylation sites is 2. The minimum atomic E-state index is -0.308. The largest absolute Gasteiger partial charge is 0.509 e. The van der Waals surface area contributed by atoms with Gasteiger partial charge in [-0.1, -0.05) is 92.1 Å². The number of rotatable bonds is 5. The average Bonchev–Trinajstić information content (AvgIpc) is 3.66. The summed E-state index contributed by atoms with van der Waals surface area (Å²) in [6, 6.07) is 41.3. The molecule has 1 aliphatic heterocycles. The van der Waals surface area contributed by atoms with Gasteiger partial charge in [0.05, 0.1) is 0 Å². The molecule has 3 heterocycles. The summed E-state index contributed by atoms with van der Waals surface area (Å²) in [5.74, 6) is 1.47. The second-order valence-corrected chi connectivity index (χ2v) is 17.3. The first-order chi connectivity index (χ1) is 25.5. The molecule has 0 amide bonds. The number of pyridine rings is 1. The van der Waals surface area contributed by atoms with E-state index in [9.17, 15) is 4.39 Å². The number of fused-ring (bicyclic) bond motifs is 4. The molecule has 0 aliphatic carbocycles. The van der Waals surface area contributed by atoms with E-state index in [0.29, 0.717) is 17.3 Å². The monoisotopic (exact) mass is 908 g/mol. The van der Waals surface area contributed by atoms with E-state index in [1.165, 1.54) is 17.2 Å². The summed E-state index contributed by atoms with van der Waals surface area (Å²) in [5, 5.41) is 1.85. The third-order valence-electron chi connectivity index (χ3n) is 10.2. The van der Waals surface area contributed by atoms with Crippen molar-refractivity contribution >= 4 is 44.6 Å². The van der Waals surface area contributed by atoms with E-state index in [2.05, 4.69) is 139 Å². The zero-order valence-corrected chi connectivity index (χ0v) is 35.1. The summed E-state index contributed by atoms with van der Waals surface area (Å²) in [6.07, 6.45) is 1.81. The Hall–Kier alpha value is -4.93. The van der Waals surface area contributed by atoms with E-state index in [1.807, 2.05) is 53.2 Å². The van der Waals surface area contributed by atoms with Gasteiger partial charge in [0.2, 0.25) is 0 Å². The summed E-state index contributed by atoms with van der Waals surface area (Å²) in [6.45, 7) is 22.3.